The third kappa shape index (κ3) is 2.22. The van der Waals surface area contributed by atoms with Gasteiger partial charge in [0.25, 0.3) is 5.91 Å². The number of hydrogen-bond donors (Lipinski definition) is 2. The van der Waals surface area contributed by atoms with Gasteiger partial charge in [0, 0.05) is 10.9 Å². The number of benzene rings is 2. The fourth-order valence-electron chi connectivity index (χ4n) is 3.01. The smallest absolute Gasteiger partial charge is 0.252 e. The molecule has 1 aliphatic carbocycles. The van der Waals surface area contributed by atoms with Gasteiger partial charge < -0.3 is 10.8 Å². The molecule has 0 spiro atoms. The zero-order valence-electron chi connectivity index (χ0n) is 11.4. The molecule has 0 heterocycles. The van der Waals surface area contributed by atoms with Crippen molar-refractivity contribution in [1.82, 2.24) is 0 Å². The normalized spacial score (nSPS) is 16.6. The summed E-state index contributed by atoms with van der Waals surface area (Å²) in [6.45, 7) is 0. The Morgan fingerprint density at radius 2 is 2.00 bits per heavy atom. The number of rotatable bonds is 2. The fourth-order valence-corrected chi connectivity index (χ4v) is 3.23. The van der Waals surface area contributed by atoms with Crippen molar-refractivity contribution >= 4 is 17.5 Å². The third-order valence-corrected chi connectivity index (χ3v) is 4.26. The molecule has 3 nitrogen and oxygen atoms in total. The van der Waals surface area contributed by atoms with Crippen molar-refractivity contribution in [3.8, 4) is 5.75 Å². The summed E-state index contributed by atoms with van der Waals surface area (Å²) < 4.78 is 28.3. The lowest BCUT2D eigenvalue weighted by Gasteiger charge is -2.15. The first-order valence-corrected chi connectivity index (χ1v) is 7.07. The van der Waals surface area contributed by atoms with Crippen LogP contribution < -0.4 is 5.73 Å². The number of fused-ring (bicyclic) bond motifs is 1. The van der Waals surface area contributed by atoms with E-state index in [0.717, 1.165) is 0 Å². The molecule has 3 N–H and O–H groups in total. The molecule has 0 aromatic heterocycles. The molecule has 0 aliphatic heterocycles. The second-order valence-electron chi connectivity index (χ2n) is 5.28. The minimum atomic E-state index is -0.913. The van der Waals surface area contributed by atoms with Gasteiger partial charge in [0.2, 0.25) is 0 Å². The van der Waals surface area contributed by atoms with E-state index in [9.17, 15) is 18.7 Å². The highest BCUT2D eigenvalue weighted by Crippen LogP contribution is 2.43. The van der Waals surface area contributed by atoms with Crippen LogP contribution in [-0.2, 0) is 6.42 Å². The predicted molar refractivity (Wildman–Crippen MR) is 78.2 cm³/mol. The van der Waals surface area contributed by atoms with Crippen molar-refractivity contribution in [2.24, 2.45) is 5.73 Å². The van der Waals surface area contributed by atoms with Gasteiger partial charge in [-0.15, -0.1) is 0 Å². The van der Waals surface area contributed by atoms with Crippen LogP contribution in [0.3, 0.4) is 0 Å². The van der Waals surface area contributed by atoms with Gasteiger partial charge in [-0.1, -0.05) is 17.7 Å². The summed E-state index contributed by atoms with van der Waals surface area (Å²) >= 11 is 5.87. The summed E-state index contributed by atoms with van der Waals surface area (Å²) in [5, 5.41) is 10.0. The highest BCUT2D eigenvalue weighted by Gasteiger charge is 2.30. The van der Waals surface area contributed by atoms with Crippen LogP contribution in [0.2, 0.25) is 5.02 Å². The lowest BCUT2D eigenvalue weighted by atomic mass is 9.91. The third-order valence-electron chi connectivity index (χ3n) is 4.04. The Morgan fingerprint density at radius 3 is 2.68 bits per heavy atom. The molecular formula is C16H12ClF2NO2. The molecule has 0 unspecified atom stereocenters. The summed E-state index contributed by atoms with van der Waals surface area (Å²) in [4.78, 5) is 11.1. The SMILES string of the molecule is NC(=O)c1ccc([C@@H]2CCc3c(F)cc(Cl)cc32)c(F)c1O. The van der Waals surface area contributed by atoms with E-state index < -0.39 is 29.2 Å². The summed E-state index contributed by atoms with van der Waals surface area (Å²) in [6.07, 6.45) is 0.958. The van der Waals surface area contributed by atoms with Gasteiger partial charge in [0.1, 0.15) is 5.82 Å². The van der Waals surface area contributed by atoms with E-state index >= 15 is 0 Å². The van der Waals surface area contributed by atoms with Crippen LogP contribution in [0.1, 0.15) is 39.4 Å². The van der Waals surface area contributed by atoms with E-state index in [1.54, 1.807) is 6.07 Å². The van der Waals surface area contributed by atoms with Gasteiger partial charge in [-0.2, -0.15) is 0 Å². The first kappa shape index (κ1) is 14.8. The number of aromatic hydroxyl groups is 1. The number of nitrogens with two attached hydrogens (primary N) is 1. The van der Waals surface area contributed by atoms with Crippen molar-refractivity contribution in [1.29, 1.82) is 0 Å². The number of halogens is 3. The minimum Gasteiger partial charge on any atom is -0.504 e. The molecule has 22 heavy (non-hydrogen) atoms. The van der Waals surface area contributed by atoms with Gasteiger partial charge >= 0.3 is 0 Å². The molecule has 114 valence electrons. The first-order chi connectivity index (χ1) is 10.4. The summed E-state index contributed by atoms with van der Waals surface area (Å²) in [7, 11) is 0. The molecule has 0 bridgehead atoms. The zero-order valence-corrected chi connectivity index (χ0v) is 12.1. The van der Waals surface area contributed by atoms with Gasteiger partial charge in [-0.3, -0.25) is 4.79 Å². The minimum absolute atomic E-state index is 0.197. The average molecular weight is 324 g/mol. The number of carbonyl (C=O) groups excluding carboxylic acids is 1. The van der Waals surface area contributed by atoms with Crippen LogP contribution in [0.15, 0.2) is 24.3 Å². The number of hydrogen-bond acceptors (Lipinski definition) is 2. The maximum atomic E-state index is 14.4. The molecule has 6 heteroatoms. The van der Waals surface area contributed by atoms with Crippen LogP contribution >= 0.6 is 11.6 Å². The molecule has 1 aliphatic rings. The second kappa shape index (κ2) is 5.25. The Kier molecular flexibility index (Phi) is 3.53. The van der Waals surface area contributed by atoms with E-state index in [-0.39, 0.29) is 16.1 Å². The Hall–Kier alpha value is -2.14. The van der Waals surface area contributed by atoms with Crippen molar-refractivity contribution < 1.29 is 18.7 Å². The molecule has 0 saturated carbocycles. The van der Waals surface area contributed by atoms with Crippen LogP contribution in [0.4, 0.5) is 8.78 Å². The van der Waals surface area contributed by atoms with Crippen molar-refractivity contribution in [2.45, 2.75) is 18.8 Å². The van der Waals surface area contributed by atoms with E-state index in [4.69, 9.17) is 17.3 Å². The lowest BCUT2D eigenvalue weighted by molar-refractivity contribution is 0.0997. The Labute approximate surface area is 130 Å². The van der Waals surface area contributed by atoms with Crippen molar-refractivity contribution in [3.63, 3.8) is 0 Å². The monoisotopic (exact) mass is 323 g/mol. The van der Waals surface area contributed by atoms with E-state index in [1.165, 1.54) is 18.2 Å². The predicted octanol–water partition coefficient (Wildman–Crippen LogP) is 3.50. The maximum Gasteiger partial charge on any atom is 0.252 e. The quantitative estimate of drug-likeness (QED) is 0.888. The van der Waals surface area contributed by atoms with Crippen LogP contribution in [-0.4, -0.2) is 11.0 Å². The van der Waals surface area contributed by atoms with Crippen molar-refractivity contribution in [2.75, 3.05) is 0 Å². The molecule has 0 fully saturated rings. The summed E-state index contributed by atoms with van der Waals surface area (Å²) in [5.74, 6) is -3.43. The Balaban J connectivity index is 2.13. The van der Waals surface area contributed by atoms with Crippen LogP contribution in [0.25, 0.3) is 0 Å². The Bertz CT molecular complexity index is 792. The van der Waals surface area contributed by atoms with Crippen LogP contribution in [0.5, 0.6) is 5.75 Å². The molecule has 1 atom stereocenters. The largest absolute Gasteiger partial charge is 0.504 e. The first-order valence-electron chi connectivity index (χ1n) is 6.69. The summed E-state index contributed by atoms with van der Waals surface area (Å²) in [5.41, 5.74) is 6.10. The van der Waals surface area contributed by atoms with Gasteiger partial charge in [-0.05, 0) is 47.7 Å². The number of carbonyl (C=O) groups is 1. The second-order valence-corrected chi connectivity index (χ2v) is 5.71. The van der Waals surface area contributed by atoms with Gasteiger partial charge in [0.05, 0.1) is 5.56 Å². The highest BCUT2D eigenvalue weighted by atomic mass is 35.5. The van der Waals surface area contributed by atoms with Crippen LogP contribution in [0, 0.1) is 11.6 Å². The number of primary amides is 1. The maximum absolute atomic E-state index is 14.4. The standard InChI is InChI=1S/C16H12ClF2NO2/c17-7-5-12-8(1-2-9(12)13(18)6-7)10-3-4-11(16(20)22)15(21)14(10)19/h3-6,8,21H,1-2H2,(H2,20,22)/t8-/m0/s1. The van der Waals surface area contributed by atoms with E-state index in [2.05, 4.69) is 0 Å². The average Bonchev–Trinajstić information content (AvgIpc) is 2.85. The van der Waals surface area contributed by atoms with Crippen molar-refractivity contribution in [3.05, 3.63) is 63.2 Å². The van der Waals surface area contributed by atoms with E-state index in [1.807, 2.05) is 0 Å². The molecule has 2 aromatic rings. The molecule has 3 rings (SSSR count). The lowest BCUT2D eigenvalue weighted by Crippen LogP contribution is -2.13. The molecule has 0 radical (unpaired) electrons. The number of phenols is 1. The molecular weight excluding hydrogens is 312 g/mol. The zero-order chi connectivity index (χ0) is 16.0. The Morgan fingerprint density at radius 1 is 1.27 bits per heavy atom. The number of amides is 1. The highest BCUT2D eigenvalue weighted by molar-refractivity contribution is 6.30. The molecule has 2 aromatic carbocycles. The van der Waals surface area contributed by atoms with Gasteiger partial charge in [-0.25, -0.2) is 8.78 Å². The van der Waals surface area contributed by atoms with Gasteiger partial charge in [0.15, 0.2) is 11.6 Å². The molecule has 0 saturated heterocycles. The fraction of sp³-hybridized carbons (Fsp3) is 0.188. The summed E-state index contributed by atoms with van der Waals surface area (Å²) in [6, 6.07) is 5.51. The van der Waals surface area contributed by atoms with E-state index in [0.29, 0.717) is 24.0 Å². The molecule has 1 amide bonds. The topological polar surface area (TPSA) is 63.3 Å².